The Bertz CT molecular complexity index is 589. The van der Waals surface area contributed by atoms with E-state index >= 15 is 0 Å². The highest BCUT2D eigenvalue weighted by Crippen LogP contribution is 2.22. The minimum Gasteiger partial charge on any atom is -0.489 e. The summed E-state index contributed by atoms with van der Waals surface area (Å²) in [6, 6.07) is 14.7. The van der Waals surface area contributed by atoms with Gasteiger partial charge in [0.15, 0.2) is 0 Å². The Morgan fingerprint density at radius 2 is 1.73 bits per heavy atom. The Kier molecular flexibility index (Phi) is 5.88. The number of hydrogen-bond donors (Lipinski definition) is 1. The van der Waals surface area contributed by atoms with Crippen LogP contribution in [0.1, 0.15) is 37.0 Å². The molecule has 0 fully saturated rings. The molecule has 22 heavy (non-hydrogen) atoms. The first-order valence-electron chi connectivity index (χ1n) is 8.19. The van der Waals surface area contributed by atoms with Crippen LogP contribution < -0.4 is 10.1 Å². The Labute approximate surface area is 134 Å². The summed E-state index contributed by atoms with van der Waals surface area (Å²) >= 11 is 0. The predicted molar refractivity (Wildman–Crippen MR) is 94.9 cm³/mol. The van der Waals surface area contributed by atoms with Crippen molar-refractivity contribution in [2.24, 2.45) is 0 Å². The molecule has 1 N–H and O–H groups in total. The molecule has 0 amide bonds. The first-order valence-corrected chi connectivity index (χ1v) is 8.19. The SMILES string of the molecule is CCc1cccc(C)c1NCC(CC)Oc1ccc(C)cc1. The van der Waals surface area contributed by atoms with Gasteiger partial charge < -0.3 is 10.1 Å². The fourth-order valence-corrected chi connectivity index (χ4v) is 2.57. The molecule has 2 rings (SSSR count). The second kappa shape index (κ2) is 7.88. The molecule has 0 saturated carbocycles. The summed E-state index contributed by atoms with van der Waals surface area (Å²) in [7, 11) is 0. The van der Waals surface area contributed by atoms with Crippen LogP contribution >= 0.6 is 0 Å². The minimum atomic E-state index is 0.173. The topological polar surface area (TPSA) is 21.3 Å². The van der Waals surface area contributed by atoms with Crippen molar-refractivity contribution >= 4 is 5.69 Å². The molecule has 0 aliphatic carbocycles. The molecule has 2 nitrogen and oxygen atoms in total. The van der Waals surface area contributed by atoms with E-state index in [1.54, 1.807) is 0 Å². The molecule has 0 aromatic heterocycles. The van der Waals surface area contributed by atoms with Crippen molar-refractivity contribution in [3.63, 3.8) is 0 Å². The van der Waals surface area contributed by atoms with Gasteiger partial charge in [0.25, 0.3) is 0 Å². The molecule has 0 aliphatic heterocycles. The smallest absolute Gasteiger partial charge is 0.119 e. The first-order chi connectivity index (χ1) is 10.6. The number of para-hydroxylation sites is 1. The normalized spacial score (nSPS) is 12.0. The third kappa shape index (κ3) is 4.27. The van der Waals surface area contributed by atoms with Crippen LogP contribution in [0.15, 0.2) is 42.5 Å². The number of aryl methyl sites for hydroxylation is 3. The summed E-state index contributed by atoms with van der Waals surface area (Å²) in [4.78, 5) is 0. The number of rotatable bonds is 7. The van der Waals surface area contributed by atoms with Gasteiger partial charge in [-0.2, -0.15) is 0 Å². The van der Waals surface area contributed by atoms with Gasteiger partial charge in [-0.15, -0.1) is 0 Å². The maximum Gasteiger partial charge on any atom is 0.119 e. The fourth-order valence-electron chi connectivity index (χ4n) is 2.57. The average molecular weight is 297 g/mol. The van der Waals surface area contributed by atoms with Crippen LogP contribution in [-0.4, -0.2) is 12.6 Å². The molecule has 0 saturated heterocycles. The monoisotopic (exact) mass is 297 g/mol. The van der Waals surface area contributed by atoms with E-state index in [0.717, 1.165) is 25.1 Å². The molecule has 0 bridgehead atoms. The van der Waals surface area contributed by atoms with Crippen molar-refractivity contribution in [1.82, 2.24) is 0 Å². The van der Waals surface area contributed by atoms with E-state index in [4.69, 9.17) is 4.74 Å². The third-order valence-electron chi connectivity index (χ3n) is 4.03. The van der Waals surface area contributed by atoms with Gasteiger partial charge in [-0.3, -0.25) is 0 Å². The van der Waals surface area contributed by atoms with Crippen LogP contribution in [0, 0.1) is 13.8 Å². The van der Waals surface area contributed by atoms with Crippen LogP contribution in [0.3, 0.4) is 0 Å². The van der Waals surface area contributed by atoms with Gasteiger partial charge in [0.1, 0.15) is 11.9 Å². The molecular weight excluding hydrogens is 270 g/mol. The van der Waals surface area contributed by atoms with Crippen molar-refractivity contribution in [3.05, 3.63) is 59.2 Å². The van der Waals surface area contributed by atoms with E-state index in [1.165, 1.54) is 22.4 Å². The third-order valence-corrected chi connectivity index (χ3v) is 4.03. The fraction of sp³-hybridized carbons (Fsp3) is 0.400. The zero-order valence-electron chi connectivity index (χ0n) is 14.1. The molecular formula is C20H27NO. The summed E-state index contributed by atoms with van der Waals surface area (Å²) < 4.78 is 6.09. The molecule has 2 aromatic rings. The van der Waals surface area contributed by atoms with Crippen LogP contribution in [0.25, 0.3) is 0 Å². The Morgan fingerprint density at radius 3 is 2.36 bits per heavy atom. The quantitative estimate of drug-likeness (QED) is 0.764. The summed E-state index contributed by atoms with van der Waals surface area (Å²) in [5.74, 6) is 0.944. The van der Waals surface area contributed by atoms with Gasteiger partial charge in [-0.1, -0.05) is 49.7 Å². The molecule has 0 aliphatic rings. The Balaban J connectivity index is 2.01. The molecule has 118 valence electrons. The zero-order valence-corrected chi connectivity index (χ0v) is 14.1. The van der Waals surface area contributed by atoms with Crippen molar-refractivity contribution < 1.29 is 4.74 Å². The number of hydrogen-bond acceptors (Lipinski definition) is 2. The van der Waals surface area contributed by atoms with Crippen molar-refractivity contribution in [3.8, 4) is 5.75 Å². The van der Waals surface area contributed by atoms with Crippen molar-refractivity contribution in [1.29, 1.82) is 0 Å². The number of ether oxygens (including phenoxy) is 1. The van der Waals surface area contributed by atoms with Gasteiger partial charge in [0.2, 0.25) is 0 Å². The molecule has 0 radical (unpaired) electrons. The van der Waals surface area contributed by atoms with Crippen LogP contribution in [-0.2, 0) is 6.42 Å². The van der Waals surface area contributed by atoms with E-state index in [0.29, 0.717) is 0 Å². The summed E-state index contributed by atoms with van der Waals surface area (Å²) in [5.41, 5.74) is 5.18. The zero-order chi connectivity index (χ0) is 15.9. The highest BCUT2D eigenvalue weighted by atomic mass is 16.5. The van der Waals surface area contributed by atoms with Crippen LogP contribution in [0.5, 0.6) is 5.75 Å². The molecule has 1 atom stereocenters. The summed E-state index contributed by atoms with van der Waals surface area (Å²) in [5, 5.41) is 3.59. The Morgan fingerprint density at radius 1 is 1.00 bits per heavy atom. The standard InChI is InChI=1S/C20H27NO/c1-5-17-9-7-8-16(4)20(17)21-14-18(6-2)22-19-12-10-15(3)11-13-19/h7-13,18,21H,5-6,14H2,1-4H3. The van der Waals surface area contributed by atoms with Crippen molar-refractivity contribution in [2.45, 2.75) is 46.6 Å². The highest BCUT2D eigenvalue weighted by Gasteiger charge is 2.10. The maximum absolute atomic E-state index is 6.09. The molecule has 0 spiro atoms. The molecule has 0 heterocycles. The molecule has 2 heteroatoms. The second-order valence-corrected chi connectivity index (χ2v) is 5.80. The second-order valence-electron chi connectivity index (χ2n) is 5.80. The lowest BCUT2D eigenvalue weighted by Gasteiger charge is -2.21. The predicted octanol–water partition coefficient (Wildman–Crippen LogP) is 5.14. The first kappa shape index (κ1) is 16.4. The lowest BCUT2D eigenvalue weighted by Crippen LogP contribution is -2.26. The van der Waals surface area contributed by atoms with Gasteiger partial charge in [-0.25, -0.2) is 0 Å². The van der Waals surface area contributed by atoms with E-state index in [2.05, 4.69) is 63.3 Å². The van der Waals surface area contributed by atoms with Gasteiger partial charge >= 0.3 is 0 Å². The molecule has 2 aromatic carbocycles. The largest absolute Gasteiger partial charge is 0.489 e. The molecule has 1 unspecified atom stereocenters. The lowest BCUT2D eigenvalue weighted by molar-refractivity contribution is 0.210. The van der Waals surface area contributed by atoms with Gasteiger partial charge in [0, 0.05) is 5.69 Å². The van der Waals surface area contributed by atoms with Crippen molar-refractivity contribution in [2.75, 3.05) is 11.9 Å². The minimum absolute atomic E-state index is 0.173. The summed E-state index contributed by atoms with van der Waals surface area (Å²) in [6.07, 6.45) is 2.19. The average Bonchev–Trinajstić information content (AvgIpc) is 2.54. The number of benzene rings is 2. The lowest BCUT2D eigenvalue weighted by atomic mass is 10.1. The Hall–Kier alpha value is -1.96. The highest BCUT2D eigenvalue weighted by molar-refractivity contribution is 5.57. The maximum atomic E-state index is 6.09. The number of anilines is 1. The van der Waals surface area contributed by atoms with Gasteiger partial charge in [-0.05, 0) is 49.9 Å². The summed E-state index contributed by atoms with van der Waals surface area (Å²) in [6.45, 7) is 9.43. The van der Waals surface area contributed by atoms with E-state index in [1.807, 2.05) is 12.1 Å². The van der Waals surface area contributed by atoms with E-state index < -0.39 is 0 Å². The number of nitrogens with one attached hydrogen (secondary N) is 1. The van der Waals surface area contributed by atoms with E-state index in [9.17, 15) is 0 Å². The van der Waals surface area contributed by atoms with E-state index in [-0.39, 0.29) is 6.10 Å². The van der Waals surface area contributed by atoms with Crippen LogP contribution in [0.2, 0.25) is 0 Å². The van der Waals surface area contributed by atoms with Crippen LogP contribution in [0.4, 0.5) is 5.69 Å². The van der Waals surface area contributed by atoms with Gasteiger partial charge in [0.05, 0.1) is 6.54 Å².